The van der Waals surface area contributed by atoms with Gasteiger partial charge in [0, 0.05) is 17.3 Å². The highest BCUT2D eigenvalue weighted by atomic mass is 19.4. The molecule has 1 amide bonds. The second kappa shape index (κ2) is 8.09. The van der Waals surface area contributed by atoms with Crippen LogP contribution in [0.2, 0.25) is 0 Å². The van der Waals surface area contributed by atoms with Crippen LogP contribution in [0.1, 0.15) is 59.9 Å². The molecule has 1 aliphatic carbocycles. The highest BCUT2D eigenvalue weighted by molar-refractivity contribution is 6.01. The number of hydrogen-bond acceptors (Lipinski definition) is 4. The summed E-state index contributed by atoms with van der Waals surface area (Å²) >= 11 is 0. The normalized spacial score (nSPS) is 13.8. The van der Waals surface area contributed by atoms with Crippen molar-refractivity contribution in [1.82, 2.24) is 15.3 Å². The molecule has 4 rings (SSSR count). The number of halogens is 3. The maximum atomic E-state index is 13.9. The van der Waals surface area contributed by atoms with Gasteiger partial charge >= 0.3 is 6.18 Å². The van der Waals surface area contributed by atoms with Crippen LogP contribution in [0, 0.1) is 0 Å². The number of aliphatic imine (C=N–C) groups is 1. The quantitative estimate of drug-likeness (QED) is 0.543. The Balaban J connectivity index is 1.82. The Morgan fingerprint density at radius 1 is 1.19 bits per heavy atom. The van der Waals surface area contributed by atoms with E-state index in [-0.39, 0.29) is 23.7 Å². The van der Waals surface area contributed by atoms with Crippen LogP contribution in [0.15, 0.2) is 47.6 Å². The van der Waals surface area contributed by atoms with Gasteiger partial charge in [-0.05, 0) is 68.5 Å². The third kappa shape index (κ3) is 4.73. The predicted octanol–water partition coefficient (Wildman–Crippen LogP) is 5.57. The molecule has 0 bridgehead atoms. The van der Waals surface area contributed by atoms with Gasteiger partial charge in [-0.25, -0.2) is 4.98 Å². The number of pyridine rings is 2. The summed E-state index contributed by atoms with van der Waals surface area (Å²) in [6.45, 7) is 3.64. The number of nitrogens with one attached hydrogen (secondary N) is 1. The molecule has 0 saturated heterocycles. The summed E-state index contributed by atoms with van der Waals surface area (Å²) in [6.07, 6.45) is -1.26. The molecular formula is C23H21F3N4O. The Kier molecular flexibility index (Phi) is 5.47. The van der Waals surface area contributed by atoms with Gasteiger partial charge in [-0.3, -0.25) is 14.8 Å². The van der Waals surface area contributed by atoms with Gasteiger partial charge in [-0.1, -0.05) is 6.07 Å². The first-order chi connectivity index (χ1) is 14.7. The molecular weight excluding hydrogens is 405 g/mol. The lowest BCUT2D eigenvalue weighted by molar-refractivity contribution is -0.136. The molecule has 31 heavy (non-hydrogen) atoms. The van der Waals surface area contributed by atoms with Crippen molar-refractivity contribution in [2.24, 2.45) is 4.99 Å². The lowest BCUT2D eigenvalue weighted by Crippen LogP contribution is -2.24. The highest BCUT2D eigenvalue weighted by Gasteiger charge is 2.36. The van der Waals surface area contributed by atoms with Crippen LogP contribution < -0.4 is 5.32 Å². The first kappa shape index (κ1) is 21.0. The van der Waals surface area contributed by atoms with E-state index in [1.165, 1.54) is 6.07 Å². The molecule has 1 aromatic carbocycles. The number of amides is 1. The standard InChI is InChI=1S/C23H21F3N4O/c1-13(2)29-19-11-20(22(31)28-12-16-5-3-4-8-27-16)30-21-17(19)9-15(14-6-7-14)10-18(21)23(24,25)26/h3-5,8-11,14H,6-7,12H2,1-2H3,(H,28,31). The van der Waals surface area contributed by atoms with Gasteiger partial charge in [0.25, 0.3) is 5.91 Å². The number of hydrogen-bond donors (Lipinski definition) is 1. The monoisotopic (exact) mass is 426 g/mol. The number of carbonyl (C=O) groups is 1. The van der Waals surface area contributed by atoms with Crippen LogP contribution in [0.4, 0.5) is 18.9 Å². The lowest BCUT2D eigenvalue weighted by atomic mass is 10.00. The van der Waals surface area contributed by atoms with E-state index in [4.69, 9.17) is 0 Å². The van der Waals surface area contributed by atoms with Crippen molar-refractivity contribution in [2.45, 2.75) is 45.3 Å². The zero-order chi connectivity index (χ0) is 22.2. The summed E-state index contributed by atoms with van der Waals surface area (Å²) in [5, 5.41) is 2.97. The molecule has 1 aliphatic rings. The van der Waals surface area contributed by atoms with E-state index in [1.807, 2.05) is 0 Å². The summed E-state index contributed by atoms with van der Waals surface area (Å²) in [7, 11) is 0. The van der Waals surface area contributed by atoms with Gasteiger partial charge in [-0.2, -0.15) is 13.2 Å². The second-order valence-corrected chi connectivity index (χ2v) is 7.83. The third-order valence-corrected chi connectivity index (χ3v) is 5.00. The van der Waals surface area contributed by atoms with E-state index in [0.29, 0.717) is 28.0 Å². The van der Waals surface area contributed by atoms with Crippen molar-refractivity contribution in [3.63, 3.8) is 0 Å². The maximum absolute atomic E-state index is 13.9. The molecule has 5 nitrogen and oxygen atoms in total. The molecule has 0 atom stereocenters. The summed E-state index contributed by atoms with van der Waals surface area (Å²) in [5.74, 6) is -0.455. The topological polar surface area (TPSA) is 67.2 Å². The van der Waals surface area contributed by atoms with Gasteiger partial charge < -0.3 is 5.32 Å². The Hall–Kier alpha value is -3.29. The fourth-order valence-corrected chi connectivity index (χ4v) is 3.41. The number of alkyl halides is 3. The molecule has 0 radical (unpaired) electrons. The van der Waals surface area contributed by atoms with Crippen LogP contribution in [-0.2, 0) is 12.7 Å². The fraction of sp³-hybridized carbons (Fsp3) is 0.304. The van der Waals surface area contributed by atoms with Crippen LogP contribution in [0.5, 0.6) is 0 Å². The molecule has 2 heterocycles. The van der Waals surface area contributed by atoms with E-state index in [0.717, 1.165) is 18.9 Å². The molecule has 1 fully saturated rings. The summed E-state index contributed by atoms with van der Waals surface area (Å²) < 4.78 is 41.7. The number of carbonyl (C=O) groups excluding carboxylic acids is 1. The van der Waals surface area contributed by atoms with Crippen LogP contribution in [0.3, 0.4) is 0 Å². The van der Waals surface area contributed by atoms with Crippen molar-refractivity contribution in [3.05, 3.63) is 65.1 Å². The number of aromatic nitrogens is 2. The van der Waals surface area contributed by atoms with Crippen molar-refractivity contribution < 1.29 is 18.0 Å². The van der Waals surface area contributed by atoms with Crippen LogP contribution >= 0.6 is 0 Å². The Morgan fingerprint density at radius 2 is 1.97 bits per heavy atom. The van der Waals surface area contributed by atoms with E-state index in [9.17, 15) is 18.0 Å². The molecule has 0 unspecified atom stereocenters. The fourth-order valence-electron chi connectivity index (χ4n) is 3.41. The SMILES string of the molecule is CC(C)=Nc1cc(C(=O)NCc2ccccn2)nc2c(C(F)(F)F)cc(C3CC3)cc12. The van der Waals surface area contributed by atoms with Gasteiger partial charge in [-0.15, -0.1) is 0 Å². The van der Waals surface area contributed by atoms with E-state index in [1.54, 1.807) is 44.3 Å². The van der Waals surface area contributed by atoms with Crippen molar-refractivity contribution >= 4 is 28.2 Å². The maximum Gasteiger partial charge on any atom is 0.418 e. The lowest BCUT2D eigenvalue weighted by Gasteiger charge is -2.15. The minimum absolute atomic E-state index is 0.117. The Bertz CT molecular complexity index is 1160. The smallest absolute Gasteiger partial charge is 0.345 e. The average molecular weight is 426 g/mol. The average Bonchev–Trinajstić information content (AvgIpc) is 3.56. The number of benzene rings is 1. The molecule has 160 valence electrons. The molecule has 1 N–H and O–H groups in total. The molecule has 3 aromatic rings. The zero-order valence-electron chi connectivity index (χ0n) is 17.1. The molecule has 0 aliphatic heterocycles. The molecule has 1 saturated carbocycles. The van der Waals surface area contributed by atoms with Crippen LogP contribution in [-0.4, -0.2) is 21.6 Å². The van der Waals surface area contributed by atoms with Gasteiger partial charge in [0.2, 0.25) is 0 Å². The van der Waals surface area contributed by atoms with E-state index < -0.39 is 17.6 Å². The van der Waals surface area contributed by atoms with Gasteiger partial charge in [0.15, 0.2) is 0 Å². The predicted molar refractivity (Wildman–Crippen MR) is 113 cm³/mol. The van der Waals surface area contributed by atoms with Crippen molar-refractivity contribution in [2.75, 3.05) is 0 Å². The summed E-state index contributed by atoms with van der Waals surface area (Å²) in [4.78, 5) is 25.4. The summed E-state index contributed by atoms with van der Waals surface area (Å²) in [6, 6.07) is 9.61. The number of fused-ring (bicyclic) bond motifs is 1. The Labute approximate surface area is 177 Å². The third-order valence-electron chi connectivity index (χ3n) is 5.00. The number of rotatable bonds is 5. The first-order valence-corrected chi connectivity index (χ1v) is 9.98. The minimum Gasteiger partial charge on any atom is -0.345 e. The molecule has 2 aromatic heterocycles. The number of nitrogens with zero attached hydrogens (tertiary/aromatic N) is 3. The largest absolute Gasteiger partial charge is 0.418 e. The molecule has 8 heteroatoms. The van der Waals surface area contributed by atoms with Crippen molar-refractivity contribution in [3.8, 4) is 0 Å². The Morgan fingerprint density at radius 3 is 2.58 bits per heavy atom. The van der Waals surface area contributed by atoms with E-state index in [2.05, 4.69) is 20.3 Å². The minimum atomic E-state index is -4.60. The van der Waals surface area contributed by atoms with Crippen LogP contribution in [0.25, 0.3) is 10.9 Å². The zero-order valence-corrected chi connectivity index (χ0v) is 17.1. The highest BCUT2D eigenvalue weighted by Crippen LogP contribution is 2.45. The van der Waals surface area contributed by atoms with Gasteiger partial charge in [0.1, 0.15) is 5.69 Å². The second-order valence-electron chi connectivity index (χ2n) is 7.83. The first-order valence-electron chi connectivity index (χ1n) is 9.98. The van der Waals surface area contributed by atoms with E-state index >= 15 is 0 Å². The summed E-state index contributed by atoms with van der Waals surface area (Å²) in [5.41, 5.74) is 1.02. The van der Waals surface area contributed by atoms with Gasteiger partial charge in [0.05, 0.1) is 29.0 Å². The molecule has 0 spiro atoms. The van der Waals surface area contributed by atoms with Crippen molar-refractivity contribution in [1.29, 1.82) is 0 Å².